The van der Waals surface area contributed by atoms with E-state index in [-0.39, 0.29) is 12.3 Å². The number of nitrogens with zero attached hydrogens (tertiary/aromatic N) is 1. The normalized spacial score (nSPS) is 17.2. The number of primary amides is 1. The molecule has 0 unspecified atom stereocenters. The molecule has 5 heteroatoms. The number of carbonyl (C=O) groups excluding carboxylic acids is 2. The highest BCUT2D eigenvalue weighted by molar-refractivity contribution is 6.01. The van der Waals surface area contributed by atoms with Gasteiger partial charge in [0.2, 0.25) is 11.8 Å². The Balaban J connectivity index is 2.92. The van der Waals surface area contributed by atoms with Crippen molar-refractivity contribution in [3.05, 3.63) is 11.8 Å². The molecule has 0 radical (unpaired) electrons. The topological polar surface area (TPSA) is 89.4 Å². The molecule has 14 heavy (non-hydrogen) atoms. The summed E-state index contributed by atoms with van der Waals surface area (Å²) >= 11 is 0. The van der Waals surface area contributed by atoms with Crippen LogP contribution in [-0.4, -0.2) is 28.8 Å². The SMILES string of the molecule is CC(C)(CN)N1C=C(C(N)=O)CC1=O. The standard InChI is InChI=1S/C9H15N3O2/c1-9(2,5-10)12-4-6(8(11)14)3-7(12)13/h4H,3,5,10H2,1-2H3,(H2,11,14). The van der Waals surface area contributed by atoms with Crippen LogP contribution >= 0.6 is 0 Å². The van der Waals surface area contributed by atoms with E-state index in [1.165, 1.54) is 11.1 Å². The number of amides is 2. The highest BCUT2D eigenvalue weighted by Gasteiger charge is 2.34. The number of rotatable bonds is 3. The molecule has 0 aromatic carbocycles. The van der Waals surface area contributed by atoms with E-state index in [0.29, 0.717) is 12.1 Å². The monoisotopic (exact) mass is 197 g/mol. The maximum atomic E-state index is 11.5. The van der Waals surface area contributed by atoms with Gasteiger partial charge in [-0.3, -0.25) is 9.59 Å². The molecule has 0 saturated carbocycles. The summed E-state index contributed by atoms with van der Waals surface area (Å²) in [5, 5.41) is 0. The molecular formula is C9H15N3O2. The van der Waals surface area contributed by atoms with Crippen molar-refractivity contribution >= 4 is 11.8 Å². The fourth-order valence-electron chi connectivity index (χ4n) is 1.28. The predicted octanol–water partition coefficient (Wildman–Crippen LogP) is -0.675. The van der Waals surface area contributed by atoms with E-state index in [2.05, 4.69) is 0 Å². The number of hydrogen-bond acceptors (Lipinski definition) is 3. The van der Waals surface area contributed by atoms with Gasteiger partial charge in [-0.05, 0) is 13.8 Å². The lowest BCUT2D eigenvalue weighted by molar-refractivity contribution is -0.130. The second-order valence-corrected chi connectivity index (χ2v) is 3.98. The minimum absolute atomic E-state index is 0.0821. The van der Waals surface area contributed by atoms with Crippen molar-refractivity contribution in [2.24, 2.45) is 11.5 Å². The second-order valence-electron chi connectivity index (χ2n) is 3.98. The molecule has 1 aliphatic rings. The summed E-state index contributed by atoms with van der Waals surface area (Å²) < 4.78 is 0. The fourth-order valence-corrected chi connectivity index (χ4v) is 1.28. The third-order valence-corrected chi connectivity index (χ3v) is 2.36. The van der Waals surface area contributed by atoms with Crippen LogP contribution in [0.2, 0.25) is 0 Å². The zero-order valence-corrected chi connectivity index (χ0v) is 8.41. The summed E-state index contributed by atoms with van der Waals surface area (Å²) in [6, 6.07) is 0. The Morgan fingerprint density at radius 3 is 2.57 bits per heavy atom. The van der Waals surface area contributed by atoms with Crippen molar-refractivity contribution < 1.29 is 9.59 Å². The van der Waals surface area contributed by atoms with Crippen LogP contribution in [0.15, 0.2) is 11.8 Å². The molecule has 4 N–H and O–H groups in total. The Hall–Kier alpha value is -1.36. The van der Waals surface area contributed by atoms with Crippen molar-refractivity contribution in [1.29, 1.82) is 0 Å². The average molecular weight is 197 g/mol. The minimum atomic E-state index is -0.548. The Morgan fingerprint density at radius 1 is 1.64 bits per heavy atom. The molecule has 0 spiro atoms. The first kappa shape index (κ1) is 10.7. The molecule has 5 nitrogen and oxygen atoms in total. The Morgan fingerprint density at radius 2 is 2.21 bits per heavy atom. The van der Waals surface area contributed by atoms with E-state index in [4.69, 9.17) is 11.5 Å². The number of nitrogens with two attached hydrogens (primary N) is 2. The Kier molecular flexibility index (Phi) is 2.62. The van der Waals surface area contributed by atoms with E-state index in [9.17, 15) is 9.59 Å². The van der Waals surface area contributed by atoms with E-state index >= 15 is 0 Å². The van der Waals surface area contributed by atoms with Gasteiger partial charge in [-0.15, -0.1) is 0 Å². The highest BCUT2D eigenvalue weighted by atomic mass is 16.2. The Bertz CT molecular complexity index is 307. The third-order valence-electron chi connectivity index (χ3n) is 2.36. The molecule has 1 rings (SSSR count). The summed E-state index contributed by atoms with van der Waals surface area (Å²) in [4.78, 5) is 23.8. The highest BCUT2D eigenvalue weighted by Crippen LogP contribution is 2.23. The van der Waals surface area contributed by atoms with Gasteiger partial charge in [0.05, 0.1) is 12.0 Å². The summed E-state index contributed by atoms with van der Waals surface area (Å²) in [6.45, 7) is 4.01. The molecule has 78 valence electrons. The summed E-state index contributed by atoms with van der Waals surface area (Å²) in [6.07, 6.45) is 1.58. The third kappa shape index (κ3) is 1.77. The van der Waals surface area contributed by atoms with Gasteiger partial charge in [0.15, 0.2) is 0 Å². The van der Waals surface area contributed by atoms with Crippen LogP contribution in [-0.2, 0) is 9.59 Å². The van der Waals surface area contributed by atoms with Gasteiger partial charge in [0.25, 0.3) is 0 Å². The predicted molar refractivity (Wildman–Crippen MR) is 51.9 cm³/mol. The van der Waals surface area contributed by atoms with Gasteiger partial charge in [0.1, 0.15) is 0 Å². The van der Waals surface area contributed by atoms with Crippen LogP contribution in [0.1, 0.15) is 20.3 Å². The van der Waals surface area contributed by atoms with Crippen LogP contribution < -0.4 is 11.5 Å². The smallest absolute Gasteiger partial charge is 0.246 e. The largest absolute Gasteiger partial charge is 0.366 e. The van der Waals surface area contributed by atoms with Crippen molar-refractivity contribution in [2.75, 3.05) is 6.54 Å². The van der Waals surface area contributed by atoms with Gasteiger partial charge in [0, 0.05) is 18.3 Å². The van der Waals surface area contributed by atoms with E-state index in [1.807, 2.05) is 13.8 Å². The lowest BCUT2D eigenvalue weighted by atomic mass is 10.0. The van der Waals surface area contributed by atoms with Crippen LogP contribution in [0.25, 0.3) is 0 Å². The summed E-state index contributed by atoms with van der Waals surface area (Å²) in [5.41, 5.74) is 10.5. The van der Waals surface area contributed by atoms with Crippen molar-refractivity contribution in [2.45, 2.75) is 25.8 Å². The molecule has 1 heterocycles. The van der Waals surface area contributed by atoms with Gasteiger partial charge in [-0.25, -0.2) is 0 Å². The van der Waals surface area contributed by atoms with E-state index in [0.717, 1.165) is 0 Å². The van der Waals surface area contributed by atoms with Gasteiger partial charge in [-0.2, -0.15) is 0 Å². The van der Waals surface area contributed by atoms with Gasteiger partial charge >= 0.3 is 0 Å². The first-order valence-electron chi connectivity index (χ1n) is 4.41. The molecular weight excluding hydrogens is 182 g/mol. The van der Waals surface area contributed by atoms with Crippen molar-refractivity contribution in [3.8, 4) is 0 Å². The van der Waals surface area contributed by atoms with Crippen LogP contribution in [0.4, 0.5) is 0 Å². The molecule has 0 atom stereocenters. The van der Waals surface area contributed by atoms with Crippen LogP contribution in [0.5, 0.6) is 0 Å². The molecule has 0 aliphatic carbocycles. The zero-order chi connectivity index (χ0) is 10.9. The molecule has 0 saturated heterocycles. The Labute approximate surface area is 82.7 Å². The van der Waals surface area contributed by atoms with Crippen LogP contribution in [0, 0.1) is 0 Å². The summed E-state index contributed by atoms with van der Waals surface area (Å²) in [7, 11) is 0. The lowest BCUT2D eigenvalue weighted by Crippen LogP contribution is -2.47. The molecule has 0 aromatic heterocycles. The van der Waals surface area contributed by atoms with Crippen molar-refractivity contribution in [3.63, 3.8) is 0 Å². The van der Waals surface area contributed by atoms with E-state index in [1.54, 1.807) is 0 Å². The van der Waals surface area contributed by atoms with Crippen molar-refractivity contribution in [1.82, 2.24) is 4.90 Å². The van der Waals surface area contributed by atoms with Gasteiger partial charge < -0.3 is 16.4 Å². The maximum Gasteiger partial charge on any atom is 0.246 e. The number of carbonyl (C=O) groups is 2. The zero-order valence-electron chi connectivity index (χ0n) is 8.41. The lowest BCUT2D eigenvalue weighted by Gasteiger charge is -2.32. The fraction of sp³-hybridized carbons (Fsp3) is 0.556. The van der Waals surface area contributed by atoms with Crippen LogP contribution in [0.3, 0.4) is 0 Å². The molecule has 2 amide bonds. The second kappa shape index (κ2) is 3.42. The molecule has 1 aliphatic heterocycles. The number of hydrogen-bond donors (Lipinski definition) is 2. The minimum Gasteiger partial charge on any atom is -0.366 e. The first-order valence-corrected chi connectivity index (χ1v) is 4.41. The quantitative estimate of drug-likeness (QED) is 0.628. The molecule has 0 fully saturated rings. The van der Waals surface area contributed by atoms with E-state index < -0.39 is 11.4 Å². The maximum absolute atomic E-state index is 11.5. The average Bonchev–Trinajstić information content (AvgIpc) is 2.48. The molecule has 0 bridgehead atoms. The molecule has 0 aromatic rings. The first-order chi connectivity index (χ1) is 6.38. The summed E-state index contributed by atoms with van der Waals surface area (Å²) in [5.74, 6) is -0.678. The van der Waals surface area contributed by atoms with Gasteiger partial charge in [-0.1, -0.05) is 0 Å².